The molecule has 1 aliphatic carbocycles. The van der Waals surface area contributed by atoms with Gasteiger partial charge in [0.25, 0.3) is 0 Å². The first kappa shape index (κ1) is 17.7. The lowest BCUT2D eigenvalue weighted by molar-refractivity contribution is -0.0344. The molecule has 0 bridgehead atoms. The van der Waals surface area contributed by atoms with Gasteiger partial charge in [-0.15, -0.1) is 10.2 Å². The van der Waals surface area contributed by atoms with Gasteiger partial charge < -0.3 is 9.67 Å². The van der Waals surface area contributed by atoms with Crippen molar-refractivity contribution in [2.45, 2.75) is 63.0 Å². The van der Waals surface area contributed by atoms with Crippen LogP contribution in [0, 0.1) is 0 Å². The topological polar surface area (TPSA) is 54.2 Å². The van der Waals surface area contributed by atoms with Gasteiger partial charge in [-0.25, -0.2) is 0 Å². The van der Waals surface area contributed by atoms with E-state index in [1.165, 1.54) is 36.8 Å². The van der Waals surface area contributed by atoms with Crippen molar-refractivity contribution in [3.05, 3.63) is 47.5 Å². The molecule has 0 amide bonds. The van der Waals surface area contributed by atoms with Crippen molar-refractivity contribution in [3.63, 3.8) is 0 Å². The highest BCUT2D eigenvalue weighted by Gasteiger charge is 2.34. The number of aliphatic hydroxyl groups is 1. The number of piperidine rings is 1. The van der Waals surface area contributed by atoms with E-state index in [0.717, 1.165) is 37.7 Å². The molecule has 1 unspecified atom stereocenters. The number of likely N-dealkylation sites (tertiary alicyclic amines) is 1. The summed E-state index contributed by atoms with van der Waals surface area (Å²) in [6.45, 7) is 2.65. The summed E-state index contributed by atoms with van der Waals surface area (Å²) in [7, 11) is 1.94. The molecular formula is C21H30N4O. The minimum absolute atomic E-state index is 0.570. The predicted octanol–water partition coefficient (Wildman–Crippen LogP) is 3.04. The van der Waals surface area contributed by atoms with E-state index in [1.54, 1.807) is 6.33 Å². The molecule has 2 aliphatic rings. The van der Waals surface area contributed by atoms with Gasteiger partial charge in [0.15, 0.2) is 0 Å². The van der Waals surface area contributed by atoms with Gasteiger partial charge in [-0.2, -0.15) is 0 Å². The Hall–Kier alpha value is -1.72. The van der Waals surface area contributed by atoms with Crippen LogP contribution >= 0.6 is 0 Å². The highest BCUT2D eigenvalue weighted by atomic mass is 16.3. The van der Waals surface area contributed by atoms with Crippen LogP contribution in [0.15, 0.2) is 30.6 Å². The fourth-order valence-electron chi connectivity index (χ4n) is 4.66. The van der Waals surface area contributed by atoms with Crippen LogP contribution in [0.3, 0.4) is 0 Å². The van der Waals surface area contributed by atoms with Crippen LogP contribution in [-0.4, -0.2) is 43.5 Å². The third-order valence-electron chi connectivity index (χ3n) is 6.14. The molecule has 26 heavy (non-hydrogen) atoms. The van der Waals surface area contributed by atoms with E-state index in [4.69, 9.17) is 0 Å². The van der Waals surface area contributed by atoms with Crippen LogP contribution in [0.2, 0.25) is 0 Å². The first-order chi connectivity index (χ1) is 12.6. The Bertz CT molecular complexity index is 720. The van der Waals surface area contributed by atoms with Gasteiger partial charge in [0.2, 0.25) is 0 Å². The van der Waals surface area contributed by atoms with Crippen molar-refractivity contribution in [3.8, 4) is 0 Å². The number of rotatable bonds is 5. The van der Waals surface area contributed by atoms with E-state index in [-0.39, 0.29) is 0 Å². The summed E-state index contributed by atoms with van der Waals surface area (Å²) in [6.07, 6.45) is 9.58. The van der Waals surface area contributed by atoms with E-state index in [2.05, 4.69) is 39.4 Å². The van der Waals surface area contributed by atoms with E-state index in [0.29, 0.717) is 13.0 Å². The summed E-state index contributed by atoms with van der Waals surface area (Å²) in [4.78, 5) is 2.38. The lowest BCUT2D eigenvalue weighted by Crippen LogP contribution is -2.49. The summed E-state index contributed by atoms with van der Waals surface area (Å²) in [5.41, 5.74) is 2.14. The third kappa shape index (κ3) is 3.99. The molecule has 2 aromatic rings. The third-order valence-corrected chi connectivity index (χ3v) is 6.14. The average Bonchev–Trinajstić information content (AvgIpc) is 3.28. The van der Waals surface area contributed by atoms with Gasteiger partial charge in [-0.1, -0.05) is 37.1 Å². The SMILES string of the molecule is Cn1cnnc1CC1(O)CCCN(Cc2ccc(C3CCCC3)cc2)C1. The molecule has 1 aromatic heterocycles. The van der Waals surface area contributed by atoms with E-state index >= 15 is 0 Å². The Morgan fingerprint density at radius 2 is 1.92 bits per heavy atom. The minimum atomic E-state index is -0.706. The zero-order valence-electron chi connectivity index (χ0n) is 15.8. The lowest BCUT2D eigenvalue weighted by atomic mass is 9.89. The van der Waals surface area contributed by atoms with Gasteiger partial charge >= 0.3 is 0 Å². The predicted molar refractivity (Wildman–Crippen MR) is 102 cm³/mol. The largest absolute Gasteiger partial charge is 0.388 e. The molecule has 5 nitrogen and oxygen atoms in total. The van der Waals surface area contributed by atoms with Crippen LogP contribution in [0.4, 0.5) is 0 Å². The Morgan fingerprint density at radius 3 is 2.62 bits per heavy atom. The molecule has 1 N–H and O–H groups in total. The molecular weight excluding hydrogens is 324 g/mol. The number of hydrogen-bond acceptors (Lipinski definition) is 4. The van der Waals surface area contributed by atoms with E-state index in [1.807, 2.05) is 11.6 Å². The van der Waals surface area contributed by atoms with Gasteiger partial charge in [0.05, 0.1) is 5.60 Å². The van der Waals surface area contributed by atoms with Crippen LogP contribution < -0.4 is 0 Å². The summed E-state index contributed by atoms with van der Waals surface area (Å²) in [5, 5.41) is 19.2. The number of aryl methyl sites for hydroxylation is 1. The molecule has 2 fully saturated rings. The molecule has 2 heterocycles. The van der Waals surface area contributed by atoms with Gasteiger partial charge in [-0.3, -0.25) is 4.90 Å². The minimum Gasteiger partial charge on any atom is -0.388 e. The Balaban J connectivity index is 1.37. The zero-order valence-corrected chi connectivity index (χ0v) is 15.8. The van der Waals surface area contributed by atoms with Crippen molar-refractivity contribution >= 4 is 0 Å². The highest BCUT2D eigenvalue weighted by Crippen LogP contribution is 2.34. The molecule has 4 rings (SSSR count). The highest BCUT2D eigenvalue weighted by molar-refractivity contribution is 5.26. The second kappa shape index (κ2) is 7.49. The van der Waals surface area contributed by atoms with Gasteiger partial charge in [0.1, 0.15) is 12.2 Å². The molecule has 1 saturated carbocycles. The molecule has 140 valence electrons. The fourth-order valence-corrected chi connectivity index (χ4v) is 4.66. The Kier molecular flexibility index (Phi) is 5.09. The Morgan fingerprint density at radius 1 is 1.15 bits per heavy atom. The molecule has 1 saturated heterocycles. The van der Waals surface area contributed by atoms with Gasteiger partial charge in [-0.05, 0) is 49.3 Å². The van der Waals surface area contributed by atoms with Crippen molar-refractivity contribution in [2.24, 2.45) is 7.05 Å². The normalized spacial score (nSPS) is 25.0. The quantitative estimate of drug-likeness (QED) is 0.897. The maximum Gasteiger partial charge on any atom is 0.135 e. The van der Waals surface area contributed by atoms with Crippen molar-refractivity contribution in [2.75, 3.05) is 13.1 Å². The first-order valence-corrected chi connectivity index (χ1v) is 9.98. The number of hydrogen-bond donors (Lipinski definition) is 1. The molecule has 0 radical (unpaired) electrons. The van der Waals surface area contributed by atoms with Crippen molar-refractivity contribution in [1.82, 2.24) is 19.7 Å². The number of β-amino-alcohol motifs (C(OH)–C–C–N with tert-alkyl or cyclic N) is 1. The lowest BCUT2D eigenvalue weighted by Gasteiger charge is -2.39. The molecule has 1 aliphatic heterocycles. The van der Waals surface area contributed by atoms with Crippen LogP contribution in [-0.2, 0) is 20.0 Å². The zero-order chi connectivity index (χ0) is 18.0. The summed E-state index contributed by atoms with van der Waals surface area (Å²) < 4.78 is 1.90. The smallest absolute Gasteiger partial charge is 0.135 e. The monoisotopic (exact) mass is 354 g/mol. The second-order valence-electron chi connectivity index (χ2n) is 8.30. The maximum atomic E-state index is 11.1. The van der Waals surface area contributed by atoms with Crippen LogP contribution in [0.1, 0.15) is 61.4 Å². The summed E-state index contributed by atoms with van der Waals surface area (Å²) in [6, 6.07) is 9.20. The fraction of sp³-hybridized carbons (Fsp3) is 0.619. The van der Waals surface area contributed by atoms with E-state index in [9.17, 15) is 5.11 Å². The summed E-state index contributed by atoms with van der Waals surface area (Å²) in [5.74, 6) is 1.63. The number of benzene rings is 1. The summed E-state index contributed by atoms with van der Waals surface area (Å²) >= 11 is 0. The first-order valence-electron chi connectivity index (χ1n) is 9.98. The molecule has 1 aromatic carbocycles. The van der Waals surface area contributed by atoms with Crippen molar-refractivity contribution < 1.29 is 5.11 Å². The van der Waals surface area contributed by atoms with Gasteiger partial charge in [0, 0.05) is 26.6 Å². The van der Waals surface area contributed by atoms with Crippen LogP contribution in [0.5, 0.6) is 0 Å². The molecule has 0 spiro atoms. The number of nitrogens with zero attached hydrogens (tertiary/aromatic N) is 4. The second-order valence-corrected chi connectivity index (χ2v) is 8.30. The van der Waals surface area contributed by atoms with E-state index < -0.39 is 5.60 Å². The van der Waals surface area contributed by atoms with Crippen molar-refractivity contribution in [1.29, 1.82) is 0 Å². The molecule has 5 heteroatoms. The maximum absolute atomic E-state index is 11.1. The standard InChI is InChI=1S/C21H30N4O/c1-24-16-22-23-20(24)13-21(26)11-4-12-25(15-21)14-17-7-9-19(10-8-17)18-5-2-3-6-18/h7-10,16,18,26H,2-6,11-15H2,1H3. The average molecular weight is 354 g/mol. The Labute approximate surface area is 156 Å². The molecule has 1 atom stereocenters. The van der Waals surface area contributed by atoms with Crippen LogP contribution in [0.25, 0.3) is 0 Å². The number of aromatic nitrogens is 3.